The second-order valence-electron chi connectivity index (χ2n) is 5.39. The lowest BCUT2D eigenvalue weighted by atomic mass is 10.2. The van der Waals surface area contributed by atoms with Crippen LogP contribution in [-0.2, 0) is 11.3 Å². The molecular formula is C17H20F2N4OS. The number of thioether (sulfide) groups is 1. The number of nitriles is 2. The first-order valence-electron chi connectivity index (χ1n) is 7.70. The van der Waals surface area contributed by atoms with Gasteiger partial charge in [0.2, 0.25) is 5.91 Å². The highest BCUT2D eigenvalue weighted by Crippen LogP contribution is 2.25. The Bertz CT molecular complexity index is 607. The van der Waals surface area contributed by atoms with Gasteiger partial charge in [0.05, 0.1) is 31.5 Å². The van der Waals surface area contributed by atoms with Crippen molar-refractivity contribution in [1.82, 2.24) is 9.80 Å². The van der Waals surface area contributed by atoms with Crippen LogP contribution in [0.2, 0.25) is 0 Å². The van der Waals surface area contributed by atoms with E-state index in [1.165, 1.54) is 4.90 Å². The Morgan fingerprint density at radius 1 is 1.16 bits per heavy atom. The van der Waals surface area contributed by atoms with E-state index in [9.17, 15) is 13.6 Å². The van der Waals surface area contributed by atoms with Crippen LogP contribution < -0.4 is 0 Å². The molecule has 1 amide bonds. The Hall–Kier alpha value is -2.16. The van der Waals surface area contributed by atoms with Crippen molar-refractivity contribution in [3.8, 4) is 12.1 Å². The standard InChI is InChI=1S/C17H20F2N4OS/c1-22(12-14-4-6-15(7-5-14)25-17(18)19)13-16(24)23(10-2-8-20)11-3-9-21/h4-7,17H,2-3,10-13H2,1H3. The van der Waals surface area contributed by atoms with Gasteiger partial charge in [-0.2, -0.15) is 19.3 Å². The van der Waals surface area contributed by atoms with Crippen molar-refractivity contribution in [3.05, 3.63) is 29.8 Å². The second-order valence-corrected chi connectivity index (χ2v) is 6.46. The molecule has 0 atom stereocenters. The Morgan fingerprint density at radius 3 is 2.20 bits per heavy atom. The molecule has 0 fully saturated rings. The van der Waals surface area contributed by atoms with E-state index in [4.69, 9.17) is 10.5 Å². The minimum Gasteiger partial charge on any atom is -0.340 e. The Kier molecular flexibility index (Phi) is 9.53. The molecule has 1 rings (SSSR count). The maximum Gasteiger partial charge on any atom is 0.288 e. The predicted octanol–water partition coefficient (Wildman–Crippen LogP) is 3.09. The van der Waals surface area contributed by atoms with Crippen LogP contribution in [0, 0.1) is 22.7 Å². The molecule has 0 N–H and O–H groups in total. The van der Waals surface area contributed by atoms with Gasteiger partial charge in [-0.1, -0.05) is 23.9 Å². The lowest BCUT2D eigenvalue weighted by Gasteiger charge is -2.24. The number of nitrogens with zero attached hydrogens (tertiary/aromatic N) is 4. The molecule has 0 aromatic heterocycles. The largest absolute Gasteiger partial charge is 0.340 e. The second kappa shape index (κ2) is 11.4. The fourth-order valence-corrected chi connectivity index (χ4v) is 2.70. The number of amides is 1. The number of hydrogen-bond donors (Lipinski definition) is 0. The summed E-state index contributed by atoms with van der Waals surface area (Å²) >= 11 is 0.495. The molecule has 1 aromatic rings. The predicted molar refractivity (Wildman–Crippen MR) is 91.7 cm³/mol. The summed E-state index contributed by atoms with van der Waals surface area (Å²) in [5.74, 6) is -2.59. The topological polar surface area (TPSA) is 71.1 Å². The van der Waals surface area contributed by atoms with E-state index in [1.54, 1.807) is 31.3 Å². The van der Waals surface area contributed by atoms with Crippen LogP contribution in [0.1, 0.15) is 18.4 Å². The number of carbonyl (C=O) groups is 1. The molecular weight excluding hydrogens is 346 g/mol. The van der Waals surface area contributed by atoms with Crippen LogP contribution in [0.15, 0.2) is 29.2 Å². The Labute approximate surface area is 150 Å². The number of halogens is 2. The third-order valence-corrected chi connectivity index (χ3v) is 4.07. The number of rotatable bonds is 10. The van der Waals surface area contributed by atoms with E-state index < -0.39 is 5.76 Å². The first kappa shape index (κ1) is 20.9. The van der Waals surface area contributed by atoms with Gasteiger partial charge in [0, 0.05) is 24.5 Å². The van der Waals surface area contributed by atoms with Gasteiger partial charge in [0.15, 0.2) is 0 Å². The minimum absolute atomic E-state index is 0.141. The zero-order valence-electron chi connectivity index (χ0n) is 14.0. The smallest absolute Gasteiger partial charge is 0.288 e. The van der Waals surface area contributed by atoms with E-state index >= 15 is 0 Å². The van der Waals surface area contributed by atoms with E-state index in [1.807, 2.05) is 17.0 Å². The number of hydrogen-bond acceptors (Lipinski definition) is 5. The highest BCUT2D eigenvalue weighted by Gasteiger charge is 2.15. The minimum atomic E-state index is -2.45. The van der Waals surface area contributed by atoms with Crippen molar-refractivity contribution in [2.45, 2.75) is 30.0 Å². The molecule has 0 bridgehead atoms. The Morgan fingerprint density at radius 2 is 1.72 bits per heavy atom. The normalized spacial score (nSPS) is 10.5. The molecule has 0 heterocycles. The van der Waals surface area contributed by atoms with Crippen molar-refractivity contribution >= 4 is 17.7 Å². The van der Waals surface area contributed by atoms with Gasteiger partial charge in [0.25, 0.3) is 5.76 Å². The average molecular weight is 366 g/mol. The lowest BCUT2D eigenvalue weighted by Crippen LogP contribution is -2.39. The van der Waals surface area contributed by atoms with Gasteiger partial charge < -0.3 is 4.90 Å². The van der Waals surface area contributed by atoms with Crippen LogP contribution in [0.3, 0.4) is 0 Å². The van der Waals surface area contributed by atoms with Gasteiger partial charge in [-0.3, -0.25) is 9.69 Å². The molecule has 134 valence electrons. The quantitative estimate of drug-likeness (QED) is 0.595. The van der Waals surface area contributed by atoms with Crippen LogP contribution in [-0.4, -0.2) is 48.1 Å². The number of alkyl halides is 2. The molecule has 0 spiro atoms. The fourth-order valence-electron chi connectivity index (χ4n) is 2.21. The van der Waals surface area contributed by atoms with Gasteiger partial charge in [-0.25, -0.2) is 0 Å². The SMILES string of the molecule is CN(CC(=O)N(CCC#N)CCC#N)Cc1ccc(SC(F)F)cc1. The molecule has 0 radical (unpaired) electrons. The summed E-state index contributed by atoms with van der Waals surface area (Å²) in [7, 11) is 1.78. The van der Waals surface area contributed by atoms with E-state index in [2.05, 4.69) is 0 Å². The molecule has 8 heteroatoms. The maximum absolute atomic E-state index is 12.3. The first-order valence-corrected chi connectivity index (χ1v) is 8.58. The fraction of sp³-hybridized carbons (Fsp3) is 0.471. The van der Waals surface area contributed by atoms with E-state index in [0.29, 0.717) is 36.3 Å². The summed E-state index contributed by atoms with van der Waals surface area (Å²) in [4.78, 5) is 16.1. The van der Waals surface area contributed by atoms with Crippen molar-refractivity contribution in [2.24, 2.45) is 0 Å². The summed E-state index contributed by atoms with van der Waals surface area (Å²) in [6.45, 7) is 1.27. The van der Waals surface area contributed by atoms with Crippen LogP contribution in [0.5, 0.6) is 0 Å². The van der Waals surface area contributed by atoms with Gasteiger partial charge in [0.1, 0.15) is 0 Å². The number of benzene rings is 1. The molecule has 0 aliphatic rings. The van der Waals surface area contributed by atoms with Gasteiger partial charge in [-0.15, -0.1) is 0 Å². The maximum atomic E-state index is 12.3. The van der Waals surface area contributed by atoms with Gasteiger partial charge >= 0.3 is 0 Å². The van der Waals surface area contributed by atoms with Crippen LogP contribution >= 0.6 is 11.8 Å². The third kappa shape index (κ3) is 8.48. The molecule has 0 aliphatic carbocycles. The molecule has 1 aromatic carbocycles. The summed E-state index contributed by atoms with van der Waals surface area (Å²) in [5.41, 5.74) is 0.912. The zero-order chi connectivity index (χ0) is 18.7. The number of carbonyl (C=O) groups excluding carboxylic acids is 1. The highest BCUT2D eigenvalue weighted by atomic mass is 32.2. The van der Waals surface area contributed by atoms with Crippen molar-refractivity contribution in [1.29, 1.82) is 10.5 Å². The highest BCUT2D eigenvalue weighted by molar-refractivity contribution is 7.99. The summed E-state index contributed by atoms with van der Waals surface area (Å²) in [5, 5.41) is 17.3. The average Bonchev–Trinajstić information content (AvgIpc) is 2.56. The van der Waals surface area contributed by atoms with Gasteiger partial charge in [-0.05, 0) is 24.7 Å². The summed E-state index contributed by atoms with van der Waals surface area (Å²) < 4.78 is 24.6. The summed E-state index contributed by atoms with van der Waals surface area (Å²) in [6, 6.07) is 10.8. The van der Waals surface area contributed by atoms with Crippen molar-refractivity contribution in [3.63, 3.8) is 0 Å². The third-order valence-electron chi connectivity index (χ3n) is 3.35. The molecule has 0 unspecified atom stereocenters. The Balaban J connectivity index is 2.55. The molecule has 0 saturated heterocycles. The monoisotopic (exact) mass is 366 g/mol. The molecule has 0 saturated carbocycles. The van der Waals surface area contributed by atoms with Crippen LogP contribution in [0.25, 0.3) is 0 Å². The first-order chi connectivity index (χ1) is 12.0. The molecule has 25 heavy (non-hydrogen) atoms. The van der Waals surface area contributed by atoms with E-state index in [-0.39, 0.29) is 25.3 Å². The molecule has 0 aliphatic heterocycles. The lowest BCUT2D eigenvalue weighted by molar-refractivity contribution is -0.132. The zero-order valence-corrected chi connectivity index (χ0v) is 14.8. The van der Waals surface area contributed by atoms with Crippen molar-refractivity contribution in [2.75, 3.05) is 26.7 Å². The van der Waals surface area contributed by atoms with Crippen molar-refractivity contribution < 1.29 is 13.6 Å². The number of likely N-dealkylation sites (N-methyl/N-ethyl adjacent to an activating group) is 1. The van der Waals surface area contributed by atoms with E-state index in [0.717, 1.165) is 5.56 Å². The molecule has 5 nitrogen and oxygen atoms in total. The van der Waals surface area contributed by atoms with Crippen LogP contribution in [0.4, 0.5) is 8.78 Å². The summed E-state index contributed by atoms with van der Waals surface area (Å²) in [6.07, 6.45) is 0.453.